The number of nitrogens with zero attached hydrogens (tertiary/aromatic N) is 1. The third-order valence-electron chi connectivity index (χ3n) is 5.52. The van der Waals surface area contributed by atoms with Crippen molar-refractivity contribution in [1.82, 2.24) is 4.57 Å². The van der Waals surface area contributed by atoms with Gasteiger partial charge in [-0.3, -0.25) is 0 Å². The van der Waals surface area contributed by atoms with E-state index in [1.54, 1.807) is 5.56 Å². The van der Waals surface area contributed by atoms with Crippen molar-refractivity contribution >= 4 is 22.5 Å². The maximum Gasteiger partial charge on any atom is 0.0488 e. The minimum Gasteiger partial charge on any atom is -0.340 e. The van der Waals surface area contributed by atoms with Crippen molar-refractivity contribution in [3.05, 3.63) is 69.9 Å². The van der Waals surface area contributed by atoms with Crippen LogP contribution in [0.1, 0.15) is 70.3 Å². The van der Waals surface area contributed by atoms with Crippen molar-refractivity contribution in [3.8, 4) is 0 Å². The molecule has 0 amide bonds. The van der Waals surface area contributed by atoms with Crippen molar-refractivity contribution in [1.29, 1.82) is 0 Å². The van der Waals surface area contributed by atoms with Crippen LogP contribution < -0.4 is 0 Å². The summed E-state index contributed by atoms with van der Waals surface area (Å²) in [7, 11) is 0. The van der Waals surface area contributed by atoms with Crippen LogP contribution in [-0.4, -0.2) is 4.57 Å². The van der Waals surface area contributed by atoms with E-state index in [-0.39, 0.29) is 5.41 Å². The van der Waals surface area contributed by atoms with Crippen LogP contribution in [0.5, 0.6) is 0 Å². The zero-order valence-electron chi connectivity index (χ0n) is 19.2. The zero-order chi connectivity index (χ0) is 21.4. The maximum atomic E-state index is 6.13. The average Bonchev–Trinajstić information content (AvgIpc) is 2.85. The highest BCUT2D eigenvalue weighted by Gasteiger charge is 2.23. The highest BCUT2D eigenvalue weighted by molar-refractivity contribution is 6.30. The SMILES string of the molecule is Cc1ccc2c(c1)c(CCC(C)(C)C)c(CC(C)(C)C)n2Cc1ccc(Cl)cc1. The molecule has 0 aliphatic rings. The first-order chi connectivity index (χ1) is 13.4. The molecule has 0 atom stereocenters. The molecule has 1 heterocycles. The summed E-state index contributed by atoms with van der Waals surface area (Å²) < 4.78 is 2.56. The largest absolute Gasteiger partial charge is 0.340 e. The molecule has 0 spiro atoms. The lowest BCUT2D eigenvalue weighted by Gasteiger charge is -2.23. The van der Waals surface area contributed by atoms with Gasteiger partial charge in [-0.1, -0.05) is 76.9 Å². The first-order valence-electron chi connectivity index (χ1n) is 10.8. The molecule has 0 fully saturated rings. The van der Waals surface area contributed by atoms with Crippen LogP contribution in [0.15, 0.2) is 42.5 Å². The number of rotatable bonds is 5. The van der Waals surface area contributed by atoms with Crippen LogP contribution in [-0.2, 0) is 19.4 Å². The van der Waals surface area contributed by atoms with E-state index in [0.717, 1.165) is 24.4 Å². The van der Waals surface area contributed by atoms with Crippen molar-refractivity contribution in [2.45, 2.75) is 74.3 Å². The Balaban J connectivity index is 2.18. The fourth-order valence-electron chi connectivity index (χ4n) is 4.03. The Bertz CT molecular complexity index is 979. The van der Waals surface area contributed by atoms with E-state index in [4.69, 9.17) is 11.6 Å². The van der Waals surface area contributed by atoms with Crippen molar-refractivity contribution in [2.24, 2.45) is 10.8 Å². The van der Waals surface area contributed by atoms with Crippen LogP contribution in [0.4, 0.5) is 0 Å². The average molecular weight is 410 g/mol. The van der Waals surface area contributed by atoms with Crippen LogP contribution in [0.3, 0.4) is 0 Å². The zero-order valence-corrected chi connectivity index (χ0v) is 20.0. The topological polar surface area (TPSA) is 4.93 Å². The predicted molar refractivity (Wildman–Crippen MR) is 128 cm³/mol. The normalized spacial score (nSPS) is 12.7. The summed E-state index contributed by atoms with van der Waals surface area (Å²) in [6.07, 6.45) is 3.40. The Morgan fingerprint density at radius 3 is 2.10 bits per heavy atom. The Labute approximate surface area is 182 Å². The second kappa shape index (κ2) is 8.19. The second-order valence-electron chi connectivity index (χ2n) is 11.0. The fraction of sp³-hybridized carbons (Fsp3) is 0.481. The maximum absolute atomic E-state index is 6.13. The van der Waals surface area contributed by atoms with Gasteiger partial charge in [0.1, 0.15) is 0 Å². The standard InChI is InChI=1S/C27H36ClN/c1-19-8-13-24-23(16-19)22(14-15-26(2,3)4)25(17-27(5,6)7)29(24)18-20-9-11-21(28)12-10-20/h8-13,16H,14-15,17-18H2,1-7H3. The molecule has 0 unspecified atom stereocenters. The fourth-order valence-corrected chi connectivity index (χ4v) is 4.15. The number of halogens is 1. The van der Waals surface area contributed by atoms with E-state index in [9.17, 15) is 0 Å². The van der Waals surface area contributed by atoms with Gasteiger partial charge in [0, 0.05) is 28.2 Å². The van der Waals surface area contributed by atoms with Crippen molar-refractivity contribution < 1.29 is 0 Å². The predicted octanol–water partition coefficient (Wildman–Crippen LogP) is 8.22. The second-order valence-corrected chi connectivity index (χ2v) is 11.4. The summed E-state index contributed by atoms with van der Waals surface area (Å²) in [5, 5.41) is 2.23. The van der Waals surface area contributed by atoms with Crippen LogP contribution in [0, 0.1) is 17.8 Å². The lowest BCUT2D eigenvalue weighted by atomic mass is 9.85. The summed E-state index contributed by atoms with van der Waals surface area (Å²) in [6, 6.07) is 15.2. The molecule has 156 valence electrons. The molecule has 0 bridgehead atoms. The molecule has 2 aromatic carbocycles. The van der Waals surface area contributed by atoms with Gasteiger partial charge in [-0.15, -0.1) is 0 Å². The lowest BCUT2D eigenvalue weighted by Crippen LogP contribution is -2.16. The molecule has 0 radical (unpaired) electrons. The summed E-state index contributed by atoms with van der Waals surface area (Å²) in [5.41, 5.74) is 7.59. The summed E-state index contributed by atoms with van der Waals surface area (Å²) >= 11 is 6.13. The summed E-state index contributed by atoms with van der Waals surface area (Å²) in [5.74, 6) is 0. The number of benzene rings is 2. The minimum absolute atomic E-state index is 0.234. The third kappa shape index (κ3) is 5.66. The Morgan fingerprint density at radius 2 is 1.52 bits per heavy atom. The van der Waals surface area contributed by atoms with Crippen LogP contribution in [0.25, 0.3) is 10.9 Å². The summed E-state index contributed by atoms with van der Waals surface area (Å²) in [4.78, 5) is 0. The smallest absolute Gasteiger partial charge is 0.0488 e. The number of aromatic nitrogens is 1. The number of aryl methyl sites for hydroxylation is 2. The van der Waals surface area contributed by atoms with Crippen LogP contribution >= 0.6 is 11.6 Å². The van der Waals surface area contributed by atoms with Gasteiger partial charge in [0.25, 0.3) is 0 Å². The lowest BCUT2D eigenvalue weighted by molar-refractivity contribution is 0.373. The van der Waals surface area contributed by atoms with E-state index < -0.39 is 0 Å². The summed E-state index contributed by atoms with van der Waals surface area (Å²) in [6.45, 7) is 17.1. The highest BCUT2D eigenvalue weighted by Crippen LogP contribution is 2.35. The number of fused-ring (bicyclic) bond motifs is 1. The van der Waals surface area contributed by atoms with Gasteiger partial charge >= 0.3 is 0 Å². The molecule has 0 N–H and O–H groups in total. The minimum atomic E-state index is 0.234. The Hall–Kier alpha value is -1.73. The van der Waals surface area contributed by atoms with Gasteiger partial charge < -0.3 is 4.57 Å². The molecule has 2 heteroatoms. The Morgan fingerprint density at radius 1 is 0.862 bits per heavy atom. The molecular weight excluding hydrogens is 374 g/mol. The molecular formula is C27H36ClN. The van der Waals surface area contributed by atoms with E-state index in [1.165, 1.54) is 34.1 Å². The van der Waals surface area contributed by atoms with Gasteiger partial charge in [0.05, 0.1) is 0 Å². The van der Waals surface area contributed by atoms with Gasteiger partial charge in [-0.25, -0.2) is 0 Å². The van der Waals surface area contributed by atoms with E-state index >= 15 is 0 Å². The molecule has 0 saturated carbocycles. The monoisotopic (exact) mass is 409 g/mol. The van der Waals surface area contributed by atoms with Crippen molar-refractivity contribution in [3.63, 3.8) is 0 Å². The van der Waals surface area contributed by atoms with Gasteiger partial charge in [-0.2, -0.15) is 0 Å². The molecule has 3 rings (SSSR count). The van der Waals surface area contributed by atoms with Gasteiger partial charge in [-0.05, 0) is 72.4 Å². The number of hydrogen-bond acceptors (Lipinski definition) is 0. The van der Waals surface area contributed by atoms with Crippen molar-refractivity contribution in [2.75, 3.05) is 0 Å². The Kier molecular flexibility index (Phi) is 6.20. The number of hydrogen-bond donors (Lipinski definition) is 0. The van der Waals surface area contributed by atoms with Crippen LogP contribution in [0.2, 0.25) is 5.02 Å². The molecule has 0 aliphatic heterocycles. The third-order valence-corrected chi connectivity index (χ3v) is 5.77. The molecule has 29 heavy (non-hydrogen) atoms. The molecule has 0 aliphatic carbocycles. The highest BCUT2D eigenvalue weighted by atomic mass is 35.5. The van der Waals surface area contributed by atoms with E-state index in [1.807, 2.05) is 12.1 Å². The quantitative estimate of drug-likeness (QED) is 0.400. The molecule has 3 aromatic rings. The van der Waals surface area contributed by atoms with E-state index in [2.05, 4.69) is 83.4 Å². The first-order valence-corrected chi connectivity index (χ1v) is 11.2. The molecule has 0 saturated heterocycles. The molecule has 1 nitrogen and oxygen atoms in total. The van der Waals surface area contributed by atoms with E-state index in [0.29, 0.717) is 5.41 Å². The van der Waals surface area contributed by atoms with Gasteiger partial charge in [0.2, 0.25) is 0 Å². The first kappa shape index (κ1) is 22.0. The van der Waals surface area contributed by atoms with Gasteiger partial charge in [0.15, 0.2) is 0 Å². The molecule has 1 aromatic heterocycles.